The molecule has 0 aromatic rings. The summed E-state index contributed by atoms with van der Waals surface area (Å²) in [5.74, 6) is 0. The van der Waals surface area contributed by atoms with Crippen LogP contribution in [0.4, 0.5) is 0 Å². The molecule has 0 aliphatic heterocycles. The van der Waals surface area contributed by atoms with Crippen molar-refractivity contribution in [3.05, 3.63) is 0 Å². The van der Waals surface area contributed by atoms with E-state index < -0.39 is 0 Å². The van der Waals surface area contributed by atoms with Crippen LogP contribution in [0.1, 0.15) is 0 Å². The Morgan fingerprint density at radius 1 is 1.00 bits per heavy atom. The average Bonchev–Trinajstić information content (AvgIpc) is 0. The predicted octanol–water partition coefficient (Wildman–Crippen LogP) is -0.124. The molecule has 0 unspecified atom stereocenters. The van der Waals surface area contributed by atoms with Crippen LogP contribution in [0, 0.1) is 40.8 Å². The van der Waals surface area contributed by atoms with Crippen molar-refractivity contribution in [2.75, 3.05) is 0 Å². The van der Waals surface area contributed by atoms with Crippen molar-refractivity contribution in [3.8, 4) is 0 Å². The molecule has 0 aliphatic rings. The first kappa shape index (κ1) is 29.4. The molecule has 4 heteroatoms. The Kier molecular flexibility index (Phi) is 126. The standard InChI is InChI=1S/Nd.O.S.Y/q+3;2*-2;+3. The molecule has 0 aliphatic carbocycles. The summed E-state index contributed by atoms with van der Waals surface area (Å²) in [6, 6.07) is 0. The van der Waals surface area contributed by atoms with Crippen LogP contribution in [-0.2, 0) is 51.7 Å². The summed E-state index contributed by atoms with van der Waals surface area (Å²) in [6.07, 6.45) is 0. The maximum atomic E-state index is 0. The van der Waals surface area contributed by atoms with Gasteiger partial charge in [0.25, 0.3) is 0 Å². The van der Waals surface area contributed by atoms with Crippen molar-refractivity contribution >= 4 is 13.5 Å². The van der Waals surface area contributed by atoms with Crippen molar-refractivity contribution < 1.29 is 79.0 Å². The van der Waals surface area contributed by atoms with Crippen LogP contribution in [0.2, 0.25) is 0 Å². The molecule has 1 nitrogen and oxygen atoms in total. The van der Waals surface area contributed by atoms with Gasteiger partial charge in [-0.15, -0.1) is 0 Å². The van der Waals surface area contributed by atoms with Crippen molar-refractivity contribution in [1.82, 2.24) is 0 Å². The van der Waals surface area contributed by atoms with E-state index in [0.717, 1.165) is 0 Å². The molecule has 4 heavy (non-hydrogen) atoms. The average molecular weight is 281 g/mol. The number of rotatable bonds is 0. The molecule has 0 N–H and O–H groups in total. The Balaban J connectivity index is 0. The molecule has 0 spiro atoms. The van der Waals surface area contributed by atoms with Crippen molar-refractivity contribution in [3.63, 3.8) is 0 Å². The van der Waals surface area contributed by atoms with Crippen molar-refractivity contribution in [2.45, 2.75) is 0 Å². The van der Waals surface area contributed by atoms with Gasteiger partial charge in [0, 0.05) is 0 Å². The Morgan fingerprint density at radius 3 is 1.00 bits per heavy atom. The molecule has 0 bridgehead atoms. The minimum atomic E-state index is 0. The van der Waals surface area contributed by atoms with Gasteiger partial charge in [-0.05, 0) is 0 Å². The molecule has 17 valence electrons. The zero-order chi connectivity index (χ0) is 0. The van der Waals surface area contributed by atoms with Crippen molar-refractivity contribution in [2.24, 2.45) is 0 Å². The maximum Gasteiger partial charge on any atom is 3.00 e. The maximum absolute atomic E-state index is 0. The van der Waals surface area contributed by atoms with Gasteiger partial charge in [0.15, 0.2) is 0 Å². The smallest absolute Gasteiger partial charge is 2.00 e. The van der Waals surface area contributed by atoms with E-state index in [4.69, 9.17) is 0 Å². The van der Waals surface area contributed by atoms with Crippen LogP contribution in [-0.4, -0.2) is 0 Å². The van der Waals surface area contributed by atoms with E-state index >= 15 is 0 Å². The fourth-order valence-corrected chi connectivity index (χ4v) is 0. The second kappa shape index (κ2) is 17.1. The molecule has 0 heterocycles. The summed E-state index contributed by atoms with van der Waals surface area (Å²) < 4.78 is 0. The van der Waals surface area contributed by atoms with E-state index in [1.165, 1.54) is 0 Å². The molecule has 1 radical (unpaired) electrons. The largest absolute Gasteiger partial charge is 3.00 e. The van der Waals surface area contributed by atoms with E-state index in [9.17, 15) is 0 Å². The van der Waals surface area contributed by atoms with E-state index in [1.54, 1.807) is 0 Å². The third kappa shape index (κ3) is 8.83. The first-order valence-electron chi connectivity index (χ1n) is 0. The van der Waals surface area contributed by atoms with Gasteiger partial charge in [0.1, 0.15) is 0 Å². The van der Waals surface area contributed by atoms with Crippen LogP contribution in [0.15, 0.2) is 0 Å². The molecular weight excluding hydrogens is 281 g/mol. The van der Waals surface area contributed by atoms with Crippen molar-refractivity contribution in [1.29, 1.82) is 0 Å². The van der Waals surface area contributed by atoms with Crippen LogP contribution in [0.3, 0.4) is 0 Å². The first-order chi connectivity index (χ1) is 0. The first-order valence-corrected chi connectivity index (χ1v) is 0. The summed E-state index contributed by atoms with van der Waals surface area (Å²) >= 11 is 0. The van der Waals surface area contributed by atoms with Gasteiger partial charge in [-0.25, -0.2) is 0 Å². The molecule has 0 aromatic carbocycles. The SMILES string of the molecule is [Nd+3].[O-2].[S-2].[Y+3]. The van der Waals surface area contributed by atoms with E-state index in [2.05, 4.69) is 0 Å². The van der Waals surface area contributed by atoms with Crippen LogP contribution in [0.25, 0.3) is 0 Å². The van der Waals surface area contributed by atoms with E-state index in [-0.39, 0.29) is 92.5 Å². The zero-order valence-corrected chi connectivity index (χ0v) is 8.76. The summed E-state index contributed by atoms with van der Waals surface area (Å²) in [6.45, 7) is 0. The van der Waals surface area contributed by atoms with Crippen LogP contribution < -0.4 is 0 Å². The molecule has 0 saturated carbocycles. The van der Waals surface area contributed by atoms with Crippen LogP contribution in [0.5, 0.6) is 0 Å². The number of hydrogen-bond acceptors (Lipinski definition) is 0. The molecular formula is NdOSY+2. The molecule has 0 aromatic heterocycles. The van der Waals surface area contributed by atoms with Gasteiger partial charge >= 0.3 is 73.5 Å². The minimum Gasteiger partial charge on any atom is -2.00 e. The summed E-state index contributed by atoms with van der Waals surface area (Å²) in [7, 11) is 0. The summed E-state index contributed by atoms with van der Waals surface area (Å²) in [5, 5.41) is 0. The Bertz CT molecular complexity index is 8.00. The number of hydrogen-bond donors (Lipinski definition) is 0. The normalized spacial score (nSPS) is 0. The second-order valence-corrected chi connectivity index (χ2v) is 0. The fraction of sp³-hybridized carbons (Fsp3) is 0. The monoisotopic (exact) mass is 279 g/mol. The van der Waals surface area contributed by atoms with Gasteiger partial charge in [-0.2, -0.15) is 0 Å². The van der Waals surface area contributed by atoms with Gasteiger partial charge < -0.3 is 19.0 Å². The van der Waals surface area contributed by atoms with Crippen LogP contribution >= 0.6 is 0 Å². The fourth-order valence-electron chi connectivity index (χ4n) is 0. The van der Waals surface area contributed by atoms with E-state index in [0.29, 0.717) is 0 Å². The minimum absolute atomic E-state index is 0. The third-order valence-electron chi connectivity index (χ3n) is 0. The second-order valence-electron chi connectivity index (χ2n) is 0. The third-order valence-corrected chi connectivity index (χ3v) is 0. The van der Waals surface area contributed by atoms with Gasteiger partial charge in [0.2, 0.25) is 0 Å². The summed E-state index contributed by atoms with van der Waals surface area (Å²) in [4.78, 5) is 0. The Hall–Kier alpha value is 2.76. The quantitative estimate of drug-likeness (QED) is 0.592. The zero-order valence-electron chi connectivity index (χ0n) is 1.89. The predicted molar refractivity (Wildman–Crippen MR) is 8.05 cm³/mol. The van der Waals surface area contributed by atoms with Gasteiger partial charge in [-0.3, -0.25) is 0 Å². The topological polar surface area (TPSA) is 28.5 Å². The molecule has 0 atom stereocenters. The van der Waals surface area contributed by atoms with E-state index in [1.807, 2.05) is 0 Å². The van der Waals surface area contributed by atoms with Gasteiger partial charge in [0.05, 0.1) is 0 Å². The summed E-state index contributed by atoms with van der Waals surface area (Å²) in [5.41, 5.74) is 0. The van der Waals surface area contributed by atoms with Gasteiger partial charge in [-0.1, -0.05) is 0 Å². The molecule has 0 amide bonds. The Labute approximate surface area is 90.5 Å². The molecule has 0 rings (SSSR count). The molecule has 0 fully saturated rings. The molecule has 0 saturated heterocycles. The Morgan fingerprint density at radius 2 is 1.00 bits per heavy atom.